The minimum atomic E-state index is 0.0684. The molecule has 1 aromatic rings. The van der Waals surface area contributed by atoms with E-state index in [9.17, 15) is 0 Å². The summed E-state index contributed by atoms with van der Waals surface area (Å²) in [5.74, 6) is 0. The van der Waals surface area contributed by atoms with E-state index in [1.807, 2.05) is 24.9 Å². The summed E-state index contributed by atoms with van der Waals surface area (Å²) in [5.41, 5.74) is 1.13. The van der Waals surface area contributed by atoms with Crippen LogP contribution in [0.3, 0.4) is 0 Å². The first-order valence-electron chi connectivity index (χ1n) is 7.24. The number of hydrogen-bond acceptors (Lipinski definition) is 3. The van der Waals surface area contributed by atoms with Crippen LogP contribution in [-0.4, -0.2) is 29.0 Å². The van der Waals surface area contributed by atoms with Crippen LogP contribution in [0, 0.1) is 5.41 Å². The maximum Gasteiger partial charge on any atom is 0.0833 e. The molecule has 2 atom stereocenters. The van der Waals surface area contributed by atoms with E-state index >= 15 is 0 Å². The highest BCUT2D eigenvalue weighted by atomic mass is 16.5. The minimum absolute atomic E-state index is 0.0684. The Morgan fingerprint density at radius 3 is 2.47 bits per heavy atom. The van der Waals surface area contributed by atoms with Gasteiger partial charge in [-0.3, -0.25) is 4.68 Å². The quantitative estimate of drug-likeness (QED) is 0.825. The highest BCUT2D eigenvalue weighted by Gasteiger charge is 2.34. The molecule has 1 rings (SSSR count). The van der Waals surface area contributed by atoms with Gasteiger partial charge in [0, 0.05) is 19.9 Å². The van der Waals surface area contributed by atoms with Gasteiger partial charge in [-0.15, -0.1) is 0 Å². The maximum atomic E-state index is 6.02. The van der Waals surface area contributed by atoms with Crippen molar-refractivity contribution in [3.8, 4) is 0 Å². The van der Waals surface area contributed by atoms with Gasteiger partial charge >= 0.3 is 0 Å². The molecule has 0 saturated carbocycles. The average molecular weight is 267 g/mol. The molecule has 0 aliphatic carbocycles. The Morgan fingerprint density at radius 1 is 1.37 bits per heavy atom. The van der Waals surface area contributed by atoms with E-state index in [1.54, 1.807) is 0 Å². The molecule has 0 aromatic carbocycles. The van der Waals surface area contributed by atoms with Crippen molar-refractivity contribution in [3.63, 3.8) is 0 Å². The van der Waals surface area contributed by atoms with Gasteiger partial charge in [0.25, 0.3) is 0 Å². The third kappa shape index (κ3) is 4.62. The monoisotopic (exact) mass is 267 g/mol. The molecule has 0 bridgehead atoms. The summed E-state index contributed by atoms with van der Waals surface area (Å²) in [4.78, 5) is 0. The fraction of sp³-hybridized carbons (Fsp3) is 0.800. The lowest BCUT2D eigenvalue weighted by atomic mass is 9.83. The Balaban J connectivity index is 2.99. The van der Waals surface area contributed by atoms with E-state index in [1.165, 1.54) is 0 Å². The fourth-order valence-corrected chi connectivity index (χ4v) is 2.29. The van der Waals surface area contributed by atoms with Crippen LogP contribution in [0.5, 0.6) is 0 Å². The summed E-state index contributed by atoms with van der Waals surface area (Å²) in [6.45, 7) is 12.6. The first-order valence-corrected chi connectivity index (χ1v) is 7.24. The third-order valence-corrected chi connectivity index (χ3v) is 3.17. The third-order valence-electron chi connectivity index (χ3n) is 3.17. The molecule has 19 heavy (non-hydrogen) atoms. The summed E-state index contributed by atoms with van der Waals surface area (Å²) in [7, 11) is 1.95. The van der Waals surface area contributed by atoms with E-state index in [4.69, 9.17) is 4.74 Å². The second kappa shape index (κ2) is 7.06. The summed E-state index contributed by atoms with van der Waals surface area (Å²) >= 11 is 0. The number of nitrogens with zero attached hydrogens (tertiary/aromatic N) is 2. The first kappa shape index (κ1) is 16.2. The van der Waals surface area contributed by atoms with Gasteiger partial charge in [-0.25, -0.2) is 0 Å². The van der Waals surface area contributed by atoms with Gasteiger partial charge in [0.2, 0.25) is 0 Å². The molecule has 0 aliphatic rings. The number of hydrogen-bond donors (Lipinski definition) is 1. The van der Waals surface area contributed by atoms with Crippen LogP contribution in [0.2, 0.25) is 0 Å². The van der Waals surface area contributed by atoms with Gasteiger partial charge in [-0.1, -0.05) is 27.7 Å². The van der Waals surface area contributed by atoms with E-state index in [0.29, 0.717) is 0 Å². The largest absolute Gasteiger partial charge is 0.376 e. The number of ether oxygens (including phenoxy) is 1. The van der Waals surface area contributed by atoms with Crippen LogP contribution in [0.15, 0.2) is 12.3 Å². The zero-order valence-corrected chi connectivity index (χ0v) is 13.2. The normalized spacial score (nSPS) is 15.5. The molecule has 0 saturated heterocycles. The molecule has 0 aliphatic heterocycles. The van der Waals surface area contributed by atoms with Gasteiger partial charge in [0.1, 0.15) is 0 Å². The first-order chi connectivity index (χ1) is 8.90. The van der Waals surface area contributed by atoms with Crippen LogP contribution in [0.25, 0.3) is 0 Å². The van der Waals surface area contributed by atoms with Gasteiger partial charge in [-0.05, 0) is 31.4 Å². The van der Waals surface area contributed by atoms with Gasteiger partial charge in [0.05, 0.1) is 17.8 Å². The Bertz CT molecular complexity index is 368. The number of rotatable bonds is 7. The molecule has 4 heteroatoms. The highest BCUT2D eigenvalue weighted by molar-refractivity contribution is 5.09. The SMILES string of the molecule is CCCNC(c1ccn(C)n1)C(OCC)C(C)(C)C. The number of aryl methyl sites for hydroxylation is 1. The Morgan fingerprint density at radius 2 is 2.05 bits per heavy atom. The molecule has 2 unspecified atom stereocenters. The molecule has 110 valence electrons. The topological polar surface area (TPSA) is 39.1 Å². The smallest absolute Gasteiger partial charge is 0.0833 e. The molecule has 0 amide bonds. The number of aromatic nitrogens is 2. The van der Waals surface area contributed by atoms with Crippen molar-refractivity contribution in [1.82, 2.24) is 15.1 Å². The maximum absolute atomic E-state index is 6.02. The van der Waals surface area contributed by atoms with Crippen molar-refractivity contribution in [2.75, 3.05) is 13.2 Å². The second-order valence-corrected chi connectivity index (χ2v) is 6.09. The predicted octanol–water partition coefficient (Wildman–Crippen LogP) is 2.91. The Hall–Kier alpha value is -0.870. The van der Waals surface area contributed by atoms with Crippen molar-refractivity contribution in [3.05, 3.63) is 18.0 Å². The van der Waals surface area contributed by atoms with Crippen LogP contribution < -0.4 is 5.32 Å². The molecule has 0 radical (unpaired) electrons. The van der Waals surface area contributed by atoms with Gasteiger partial charge in [0.15, 0.2) is 0 Å². The van der Waals surface area contributed by atoms with Crippen LogP contribution in [-0.2, 0) is 11.8 Å². The molecule has 0 spiro atoms. The van der Waals surface area contributed by atoms with Crippen LogP contribution in [0.1, 0.15) is 52.8 Å². The molecule has 1 aromatic heterocycles. The predicted molar refractivity (Wildman–Crippen MR) is 79.1 cm³/mol. The van der Waals surface area contributed by atoms with Gasteiger partial charge < -0.3 is 10.1 Å². The van der Waals surface area contributed by atoms with Crippen molar-refractivity contribution in [2.45, 2.75) is 53.2 Å². The zero-order valence-electron chi connectivity index (χ0n) is 13.2. The molecule has 1 N–H and O–H groups in total. The van der Waals surface area contributed by atoms with Crippen molar-refractivity contribution < 1.29 is 4.74 Å². The number of nitrogens with one attached hydrogen (secondary N) is 1. The standard InChI is InChI=1S/C15H29N3O/c1-7-10-16-13(12-9-11-18(6)17-12)14(19-8-2)15(3,4)5/h9,11,13-14,16H,7-8,10H2,1-6H3. The lowest BCUT2D eigenvalue weighted by Gasteiger charge is -2.36. The Labute approximate surface area is 117 Å². The summed E-state index contributed by atoms with van der Waals surface area (Å²) in [5, 5.41) is 8.14. The highest BCUT2D eigenvalue weighted by Crippen LogP contribution is 2.32. The molecular weight excluding hydrogens is 238 g/mol. The zero-order chi connectivity index (χ0) is 14.5. The summed E-state index contributed by atoms with van der Waals surface area (Å²) < 4.78 is 7.87. The second-order valence-electron chi connectivity index (χ2n) is 6.09. The lowest BCUT2D eigenvalue weighted by molar-refractivity contribution is -0.0375. The lowest BCUT2D eigenvalue weighted by Crippen LogP contribution is -2.42. The van der Waals surface area contributed by atoms with Gasteiger partial charge in [-0.2, -0.15) is 5.10 Å². The van der Waals surface area contributed by atoms with E-state index in [-0.39, 0.29) is 17.6 Å². The van der Waals surface area contributed by atoms with E-state index < -0.39 is 0 Å². The van der Waals surface area contributed by atoms with E-state index in [2.05, 4.69) is 44.2 Å². The van der Waals surface area contributed by atoms with Crippen molar-refractivity contribution >= 4 is 0 Å². The van der Waals surface area contributed by atoms with E-state index in [0.717, 1.165) is 25.3 Å². The van der Waals surface area contributed by atoms with Crippen molar-refractivity contribution in [2.24, 2.45) is 12.5 Å². The molecule has 4 nitrogen and oxygen atoms in total. The molecule has 0 fully saturated rings. The van der Waals surface area contributed by atoms with Crippen LogP contribution >= 0.6 is 0 Å². The fourth-order valence-electron chi connectivity index (χ4n) is 2.29. The minimum Gasteiger partial charge on any atom is -0.376 e. The molecular formula is C15H29N3O. The Kier molecular flexibility index (Phi) is 6.01. The summed E-state index contributed by atoms with van der Waals surface area (Å²) in [6, 6.07) is 2.21. The summed E-state index contributed by atoms with van der Waals surface area (Å²) in [6.07, 6.45) is 3.20. The van der Waals surface area contributed by atoms with Crippen molar-refractivity contribution in [1.29, 1.82) is 0 Å². The average Bonchev–Trinajstić information content (AvgIpc) is 2.73. The van der Waals surface area contributed by atoms with Crippen LogP contribution in [0.4, 0.5) is 0 Å². The molecule has 1 heterocycles.